The van der Waals surface area contributed by atoms with E-state index in [2.05, 4.69) is 69.0 Å². The lowest BCUT2D eigenvalue weighted by Crippen LogP contribution is -2.01. The standard InChI is InChI=1S/C13H8Br4ClN/c14-8-3-11(16)13(12(17)4-8)19-6-7-1-2-9(18)5-10(7)15/h1-5,19H,6H2. The van der Waals surface area contributed by atoms with Crippen LogP contribution in [0.5, 0.6) is 0 Å². The van der Waals surface area contributed by atoms with E-state index in [0.29, 0.717) is 6.54 Å². The van der Waals surface area contributed by atoms with Gasteiger partial charge in [-0.15, -0.1) is 0 Å². The molecular weight excluding hydrogens is 525 g/mol. The molecule has 0 bridgehead atoms. The maximum Gasteiger partial charge on any atom is 0.0632 e. The number of hydrogen-bond donors (Lipinski definition) is 1. The highest BCUT2D eigenvalue weighted by Gasteiger charge is 2.07. The van der Waals surface area contributed by atoms with Gasteiger partial charge in [0.2, 0.25) is 0 Å². The third-order valence-electron chi connectivity index (χ3n) is 2.48. The Morgan fingerprint density at radius 3 is 2.11 bits per heavy atom. The molecule has 6 heteroatoms. The summed E-state index contributed by atoms with van der Waals surface area (Å²) < 4.78 is 4.01. The molecule has 0 aliphatic rings. The highest BCUT2D eigenvalue weighted by atomic mass is 79.9. The molecule has 0 saturated heterocycles. The van der Waals surface area contributed by atoms with Gasteiger partial charge < -0.3 is 5.32 Å². The topological polar surface area (TPSA) is 12.0 Å². The lowest BCUT2D eigenvalue weighted by molar-refractivity contribution is 1.13. The Kier molecular flexibility index (Phi) is 5.78. The van der Waals surface area contributed by atoms with Crippen molar-refractivity contribution in [3.05, 3.63) is 58.8 Å². The molecule has 0 saturated carbocycles. The summed E-state index contributed by atoms with van der Waals surface area (Å²) in [6.45, 7) is 0.705. The number of nitrogens with one attached hydrogen (secondary N) is 1. The van der Waals surface area contributed by atoms with Gasteiger partial charge in [-0.25, -0.2) is 0 Å². The SMILES string of the molecule is Clc1ccc(CNc2c(Br)cc(Br)cc2Br)c(Br)c1. The van der Waals surface area contributed by atoms with E-state index < -0.39 is 0 Å². The molecule has 100 valence electrons. The van der Waals surface area contributed by atoms with Crippen LogP contribution in [0.25, 0.3) is 0 Å². The third kappa shape index (κ3) is 4.21. The second-order valence-corrected chi connectivity index (χ2v) is 7.75. The zero-order chi connectivity index (χ0) is 14.0. The van der Waals surface area contributed by atoms with Crippen molar-refractivity contribution in [1.82, 2.24) is 0 Å². The number of benzene rings is 2. The van der Waals surface area contributed by atoms with Gasteiger partial charge in [0.1, 0.15) is 0 Å². The summed E-state index contributed by atoms with van der Waals surface area (Å²) in [6, 6.07) is 9.79. The average molecular weight is 533 g/mol. The Balaban J connectivity index is 2.19. The molecule has 2 rings (SSSR count). The molecular formula is C13H8Br4ClN. The normalized spacial score (nSPS) is 10.6. The van der Waals surface area contributed by atoms with Gasteiger partial charge in [0.25, 0.3) is 0 Å². The lowest BCUT2D eigenvalue weighted by atomic mass is 10.2. The van der Waals surface area contributed by atoms with Crippen LogP contribution in [0.15, 0.2) is 48.2 Å². The van der Waals surface area contributed by atoms with Crippen LogP contribution in [0.1, 0.15) is 5.56 Å². The van der Waals surface area contributed by atoms with Crippen LogP contribution >= 0.6 is 75.3 Å². The van der Waals surface area contributed by atoms with E-state index in [1.807, 2.05) is 30.3 Å². The third-order valence-corrected chi connectivity index (χ3v) is 5.16. The number of halogens is 5. The van der Waals surface area contributed by atoms with Crippen LogP contribution in [-0.4, -0.2) is 0 Å². The maximum absolute atomic E-state index is 5.93. The summed E-state index contributed by atoms with van der Waals surface area (Å²) in [7, 11) is 0. The predicted molar refractivity (Wildman–Crippen MR) is 96.0 cm³/mol. The monoisotopic (exact) mass is 529 g/mol. The van der Waals surface area contributed by atoms with Crippen molar-refractivity contribution in [1.29, 1.82) is 0 Å². The zero-order valence-corrected chi connectivity index (χ0v) is 16.6. The van der Waals surface area contributed by atoms with Gasteiger partial charge in [0.15, 0.2) is 0 Å². The van der Waals surface area contributed by atoms with Gasteiger partial charge in [0.05, 0.1) is 5.69 Å². The molecule has 1 nitrogen and oxygen atoms in total. The molecule has 0 radical (unpaired) electrons. The van der Waals surface area contributed by atoms with Crippen molar-refractivity contribution < 1.29 is 0 Å². The fourth-order valence-electron chi connectivity index (χ4n) is 1.56. The first-order valence-corrected chi connectivity index (χ1v) is 8.84. The van der Waals surface area contributed by atoms with E-state index in [0.717, 1.165) is 34.2 Å². The predicted octanol–water partition coefficient (Wildman–Crippen LogP) is 7.00. The summed E-state index contributed by atoms with van der Waals surface area (Å²) in [4.78, 5) is 0. The smallest absolute Gasteiger partial charge is 0.0632 e. The minimum Gasteiger partial charge on any atom is -0.379 e. The van der Waals surface area contributed by atoms with Crippen LogP contribution < -0.4 is 5.32 Å². The highest BCUT2D eigenvalue weighted by molar-refractivity contribution is 9.11. The average Bonchev–Trinajstić information content (AvgIpc) is 2.30. The molecule has 0 aliphatic heterocycles. The molecule has 0 atom stereocenters. The molecule has 0 aromatic heterocycles. The quantitative estimate of drug-likeness (QED) is 0.448. The second-order valence-electron chi connectivity index (χ2n) is 3.83. The minimum absolute atomic E-state index is 0.705. The molecule has 2 aromatic carbocycles. The van der Waals surface area contributed by atoms with Crippen LogP contribution in [0.2, 0.25) is 5.02 Å². The van der Waals surface area contributed by atoms with E-state index in [4.69, 9.17) is 11.6 Å². The van der Waals surface area contributed by atoms with Crippen LogP contribution in [-0.2, 0) is 6.54 Å². The van der Waals surface area contributed by atoms with Crippen molar-refractivity contribution in [2.45, 2.75) is 6.54 Å². The van der Waals surface area contributed by atoms with E-state index >= 15 is 0 Å². The second kappa shape index (κ2) is 6.94. The van der Waals surface area contributed by atoms with Crippen molar-refractivity contribution in [2.75, 3.05) is 5.32 Å². The Labute approximate surface area is 150 Å². The molecule has 0 aliphatic carbocycles. The highest BCUT2D eigenvalue weighted by Crippen LogP contribution is 2.35. The van der Waals surface area contributed by atoms with Crippen LogP contribution in [0.4, 0.5) is 5.69 Å². The summed E-state index contributed by atoms with van der Waals surface area (Å²) in [6.07, 6.45) is 0. The lowest BCUT2D eigenvalue weighted by Gasteiger charge is -2.12. The Morgan fingerprint density at radius 1 is 0.895 bits per heavy atom. The summed E-state index contributed by atoms with van der Waals surface area (Å²) in [5, 5.41) is 4.12. The van der Waals surface area contributed by atoms with Crippen LogP contribution in [0.3, 0.4) is 0 Å². The van der Waals surface area contributed by atoms with Crippen molar-refractivity contribution >= 4 is 81.0 Å². The Hall–Kier alpha value is 0.450. The van der Waals surface area contributed by atoms with Gasteiger partial charge in [-0.05, 0) is 61.7 Å². The molecule has 0 unspecified atom stereocenters. The minimum atomic E-state index is 0.705. The van der Waals surface area contributed by atoms with E-state index in [-0.39, 0.29) is 0 Å². The number of hydrogen-bond acceptors (Lipinski definition) is 1. The molecule has 0 amide bonds. The molecule has 1 N–H and O–H groups in total. The Morgan fingerprint density at radius 2 is 1.53 bits per heavy atom. The van der Waals surface area contributed by atoms with E-state index in [1.165, 1.54) is 0 Å². The van der Waals surface area contributed by atoms with Gasteiger partial charge in [0, 0.05) is 29.5 Å². The van der Waals surface area contributed by atoms with Crippen molar-refractivity contribution in [3.8, 4) is 0 Å². The molecule has 0 fully saturated rings. The largest absolute Gasteiger partial charge is 0.379 e. The molecule has 2 aromatic rings. The first-order chi connectivity index (χ1) is 8.97. The van der Waals surface area contributed by atoms with Crippen molar-refractivity contribution in [3.63, 3.8) is 0 Å². The van der Waals surface area contributed by atoms with Gasteiger partial charge in [-0.1, -0.05) is 49.5 Å². The Bertz CT molecular complexity index is 593. The molecule has 0 heterocycles. The van der Waals surface area contributed by atoms with Gasteiger partial charge in [-0.2, -0.15) is 0 Å². The molecule has 0 spiro atoms. The van der Waals surface area contributed by atoms with E-state index in [1.54, 1.807) is 0 Å². The van der Waals surface area contributed by atoms with Gasteiger partial charge in [-0.3, -0.25) is 0 Å². The fraction of sp³-hybridized carbons (Fsp3) is 0.0769. The summed E-state index contributed by atoms with van der Waals surface area (Å²) in [5.74, 6) is 0. The maximum atomic E-state index is 5.93. The van der Waals surface area contributed by atoms with E-state index in [9.17, 15) is 0 Å². The number of rotatable bonds is 3. The summed E-state index contributed by atoms with van der Waals surface area (Å²) >= 11 is 20.0. The first kappa shape index (κ1) is 15.8. The van der Waals surface area contributed by atoms with Crippen molar-refractivity contribution in [2.24, 2.45) is 0 Å². The first-order valence-electron chi connectivity index (χ1n) is 5.29. The summed E-state index contributed by atoms with van der Waals surface area (Å²) in [5.41, 5.74) is 2.16. The van der Waals surface area contributed by atoms with Crippen LogP contribution in [0, 0.1) is 0 Å². The zero-order valence-electron chi connectivity index (χ0n) is 9.48. The fourth-order valence-corrected chi connectivity index (χ4v) is 4.92. The van der Waals surface area contributed by atoms with Gasteiger partial charge >= 0.3 is 0 Å². The number of anilines is 1. The molecule has 19 heavy (non-hydrogen) atoms.